The molecule has 0 unspecified atom stereocenters. The van der Waals surface area contributed by atoms with Crippen molar-refractivity contribution in [2.24, 2.45) is 0 Å². The first kappa shape index (κ1) is 16.4. The number of rotatable bonds is 4. The molecule has 0 aliphatic heterocycles. The standard InChI is InChI=1S/C15H11ClN6O3/c16-11-7-6-9(8-12(11)22(24)25)13(23)18-15-19-14(17)21(20-15)10-4-2-1-3-5-10/h1-8H,(H3,17,18,19,20,23). The Balaban J connectivity index is 1.85. The summed E-state index contributed by atoms with van der Waals surface area (Å²) in [5.41, 5.74) is 6.16. The maximum Gasteiger partial charge on any atom is 0.288 e. The van der Waals surface area contributed by atoms with Gasteiger partial charge in [-0.1, -0.05) is 29.8 Å². The minimum absolute atomic E-state index is 0.0241. The number of carbonyl (C=O) groups is 1. The van der Waals surface area contributed by atoms with Crippen molar-refractivity contribution in [3.05, 3.63) is 69.2 Å². The molecule has 1 heterocycles. The Kier molecular flexibility index (Phi) is 4.31. The fourth-order valence-electron chi connectivity index (χ4n) is 2.10. The van der Waals surface area contributed by atoms with E-state index in [4.69, 9.17) is 17.3 Å². The van der Waals surface area contributed by atoms with E-state index in [0.717, 1.165) is 6.07 Å². The van der Waals surface area contributed by atoms with Gasteiger partial charge in [0.1, 0.15) is 5.02 Å². The average Bonchev–Trinajstić information content (AvgIpc) is 2.96. The van der Waals surface area contributed by atoms with E-state index in [-0.39, 0.29) is 28.2 Å². The Labute approximate surface area is 146 Å². The molecule has 0 saturated heterocycles. The minimum atomic E-state index is -0.667. The van der Waals surface area contributed by atoms with Crippen LogP contribution in [0, 0.1) is 10.1 Å². The number of nitrogens with two attached hydrogens (primary N) is 1. The number of nitro groups is 1. The molecular weight excluding hydrogens is 348 g/mol. The molecule has 10 heteroatoms. The summed E-state index contributed by atoms with van der Waals surface area (Å²) in [5.74, 6) is -0.558. The highest BCUT2D eigenvalue weighted by Gasteiger charge is 2.18. The molecule has 2 aromatic carbocycles. The molecule has 1 aromatic heterocycles. The van der Waals surface area contributed by atoms with Gasteiger partial charge in [-0.05, 0) is 24.3 Å². The summed E-state index contributed by atoms with van der Waals surface area (Å²) in [6.07, 6.45) is 0. The minimum Gasteiger partial charge on any atom is -0.368 e. The third-order valence-corrected chi connectivity index (χ3v) is 3.58. The zero-order valence-corrected chi connectivity index (χ0v) is 13.3. The molecule has 3 N–H and O–H groups in total. The van der Waals surface area contributed by atoms with Gasteiger partial charge in [0.2, 0.25) is 5.95 Å². The Morgan fingerprint density at radius 1 is 1.24 bits per heavy atom. The van der Waals surface area contributed by atoms with Crippen molar-refractivity contribution in [2.45, 2.75) is 0 Å². The van der Waals surface area contributed by atoms with Crippen molar-refractivity contribution >= 4 is 35.1 Å². The lowest BCUT2D eigenvalue weighted by molar-refractivity contribution is -0.384. The van der Waals surface area contributed by atoms with Gasteiger partial charge in [-0.25, -0.2) is 0 Å². The van der Waals surface area contributed by atoms with Crippen molar-refractivity contribution in [1.29, 1.82) is 0 Å². The summed E-state index contributed by atoms with van der Waals surface area (Å²) in [5, 5.41) is 17.4. The van der Waals surface area contributed by atoms with Crippen LogP contribution in [-0.2, 0) is 0 Å². The van der Waals surface area contributed by atoms with Crippen molar-refractivity contribution in [3.8, 4) is 5.69 Å². The predicted molar refractivity (Wildman–Crippen MR) is 91.8 cm³/mol. The smallest absolute Gasteiger partial charge is 0.288 e. The topological polar surface area (TPSA) is 129 Å². The normalized spacial score (nSPS) is 10.4. The summed E-state index contributed by atoms with van der Waals surface area (Å²) in [7, 11) is 0. The van der Waals surface area contributed by atoms with E-state index in [9.17, 15) is 14.9 Å². The maximum absolute atomic E-state index is 12.3. The zero-order chi connectivity index (χ0) is 18.0. The third-order valence-electron chi connectivity index (χ3n) is 3.26. The molecule has 3 aromatic rings. The number of amides is 1. The largest absolute Gasteiger partial charge is 0.368 e. The van der Waals surface area contributed by atoms with E-state index >= 15 is 0 Å². The van der Waals surface area contributed by atoms with Gasteiger partial charge in [-0.15, -0.1) is 5.10 Å². The highest BCUT2D eigenvalue weighted by atomic mass is 35.5. The first-order chi connectivity index (χ1) is 12.0. The summed E-state index contributed by atoms with van der Waals surface area (Å²) in [6.45, 7) is 0. The number of benzene rings is 2. The van der Waals surface area contributed by atoms with Crippen LogP contribution in [0.15, 0.2) is 48.5 Å². The molecule has 0 saturated carbocycles. The number of anilines is 2. The monoisotopic (exact) mass is 358 g/mol. The first-order valence-corrected chi connectivity index (χ1v) is 7.37. The number of hydrogen-bond donors (Lipinski definition) is 2. The Morgan fingerprint density at radius 2 is 1.96 bits per heavy atom. The van der Waals surface area contributed by atoms with Gasteiger partial charge in [0.15, 0.2) is 0 Å². The predicted octanol–water partition coefficient (Wildman–Crippen LogP) is 2.66. The molecule has 0 fully saturated rings. The number of para-hydroxylation sites is 1. The number of nitrogens with zero attached hydrogens (tertiary/aromatic N) is 4. The number of aromatic nitrogens is 3. The number of hydrogen-bond acceptors (Lipinski definition) is 6. The molecule has 3 rings (SSSR count). The third kappa shape index (κ3) is 3.40. The van der Waals surface area contributed by atoms with Gasteiger partial charge < -0.3 is 5.73 Å². The van der Waals surface area contributed by atoms with E-state index in [1.807, 2.05) is 18.2 Å². The van der Waals surface area contributed by atoms with Crippen molar-refractivity contribution in [3.63, 3.8) is 0 Å². The second-order valence-electron chi connectivity index (χ2n) is 4.92. The lowest BCUT2D eigenvalue weighted by Gasteiger charge is -2.02. The average molecular weight is 359 g/mol. The molecule has 0 atom stereocenters. The molecule has 25 heavy (non-hydrogen) atoms. The summed E-state index contributed by atoms with van der Waals surface area (Å²) in [6, 6.07) is 12.7. The molecule has 0 radical (unpaired) electrons. The van der Waals surface area contributed by atoms with Crippen molar-refractivity contribution in [2.75, 3.05) is 11.1 Å². The maximum atomic E-state index is 12.3. The van der Waals surface area contributed by atoms with E-state index in [1.54, 1.807) is 12.1 Å². The summed E-state index contributed by atoms with van der Waals surface area (Å²) in [4.78, 5) is 26.5. The summed E-state index contributed by atoms with van der Waals surface area (Å²) < 4.78 is 1.36. The van der Waals surface area contributed by atoms with Gasteiger partial charge in [-0.3, -0.25) is 20.2 Å². The molecule has 0 spiro atoms. The van der Waals surface area contributed by atoms with Crippen LogP contribution in [-0.4, -0.2) is 25.6 Å². The Bertz CT molecular complexity index is 957. The lowest BCUT2D eigenvalue weighted by atomic mass is 10.2. The van der Waals surface area contributed by atoms with Crippen LogP contribution in [0.1, 0.15) is 10.4 Å². The van der Waals surface area contributed by atoms with Gasteiger partial charge in [0, 0.05) is 11.6 Å². The quantitative estimate of drug-likeness (QED) is 0.544. The molecule has 9 nitrogen and oxygen atoms in total. The van der Waals surface area contributed by atoms with Gasteiger partial charge >= 0.3 is 0 Å². The van der Waals surface area contributed by atoms with Crippen molar-refractivity contribution < 1.29 is 9.72 Å². The Hall–Kier alpha value is -3.46. The number of nitrogen functional groups attached to an aromatic ring is 1. The number of carbonyl (C=O) groups excluding carboxylic acids is 1. The van der Waals surface area contributed by atoms with Crippen LogP contribution in [0.25, 0.3) is 5.69 Å². The van der Waals surface area contributed by atoms with Gasteiger partial charge in [0.05, 0.1) is 10.6 Å². The van der Waals surface area contributed by atoms with Crippen LogP contribution in [0.3, 0.4) is 0 Å². The van der Waals surface area contributed by atoms with E-state index in [0.29, 0.717) is 5.69 Å². The lowest BCUT2D eigenvalue weighted by Crippen LogP contribution is -2.13. The molecule has 0 bridgehead atoms. The highest BCUT2D eigenvalue weighted by Crippen LogP contribution is 2.25. The molecule has 0 aliphatic carbocycles. The van der Waals surface area contributed by atoms with E-state index < -0.39 is 10.8 Å². The molecule has 1 amide bonds. The fraction of sp³-hybridized carbons (Fsp3) is 0. The van der Waals surface area contributed by atoms with Gasteiger partial charge in [-0.2, -0.15) is 9.67 Å². The van der Waals surface area contributed by atoms with Crippen LogP contribution in [0.4, 0.5) is 17.6 Å². The Morgan fingerprint density at radius 3 is 2.64 bits per heavy atom. The van der Waals surface area contributed by atoms with Crippen LogP contribution >= 0.6 is 11.6 Å². The van der Waals surface area contributed by atoms with E-state index in [2.05, 4.69) is 15.4 Å². The highest BCUT2D eigenvalue weighted by molar-refractivity contribution is 6.32. The fourth-order valence-corrected chi connectivity index (χ4v) is 2.29. The number of nitro benzene ring substituents is 1. The molecule has 0 aliphatic rings. The van der Waals surface area contributed by atoms with Crippen LogP contribution in [0.5, 0.6) is 0 Å². The van der Waals surface area contributed by atoms with Crippen molar-refractivity contribution in [1.82, 2.24) is 14.8 Å². The van der Waals surface area contributed by atoms with Crippen LogP contribution < -0.4 is 11.1 Å². The van der Waals surface area contributed by atoms with Crippen LogP contribution in [0.2, 0.25) is 5.02 Å². The first-order valence-electron chi connectivity index (χ1n) is 6.99. The second-order valence-corrected chi connectivity index (χ2v) is 5.33. The number of nitrogens with one attached hydrogen (secondary N) is 1. The van der Waals surface area contributed by atoms with Gasteiger partial charge in [0.25, 0.3) is 17.5 Å². The second kappa shape index (κ2) is 6.57. The SMILES string of the molecule is Nc1nc(NC(=O)c2ccc(Cl)c([N+](=O)[O-])c2)nn1-c1ccccc1. The number of halogens is 1. The molecule has 126 valence electrons. The summed E-state index contributed by atoms with van der Waals surface area (Å²) >= 11 is 5.73. The molecular formula is C15H11ClN6O3. The zero-order valence-electron chi connectivity index (χ0n) is 12.6. The van der Waals surface area contributed by atoms with E-state index in [1.165, 1.54) is 16.8 Å².